The van der Waals surface area contributed by atoms with Gasteiger partial charge in [-0.25, -0.2) is 0 Å². The fourth-order valence-electron chi connectivity index (χ4n) is 1.01. The van der Waals surface area contributed by atoms with Crippen LogP contribution in [0.2, 0.25) is 0 Å². The van der Waals surface area contributed by atoms with Gasteiger partial charge in [0.2, 0.25) is 0 Å². The summed E-state index contributed by atoms with van der Waals surface area (Å²) >= 11 is 5.58. The lowest BCUT2D eigenvalue weighted by Gasteiger charge is -2.06. The molecule has 2 N–H and O–H groups in total. The molecule has 1 aromatic heterocycles. The molecule has 1 aromatic rings. The molecule has 12 heavy (non-hydrogen) atoms. The molecule has 0 aliphatic carbocycles. The highest BCUT2D eigenvalue weighted by molar-refractivity contribution is 6.59. The first-order valence-corrected chi connectivity index (χ1v) is 4.06. The van der Waals surface area contributed by atoms with Crippen LogP contribution < -0.4 is 5.46 Å². The summed E-state index contributed by atoms with van der Waals surface area (Å²) in [4.78, 5) is 3.99. The van der Waals surface area contributed by atoms with Crippen molar-refractivity contribution < 1.29 is 10.0 Å². The summed E-state index contributed by atoms with van der Waals surface area (Å²) < 4.78 is 0. The zero-order valence-electron chi connectivity index (χ0n) is 6.66. The minimum Gasteiger partial charge on any atom is -0.423 e. The number of aromatic nitrogens is 1. The van der Waals surface area contributed by atoms with Gasteiger partial charge >= 0.3 is 7.12 Å². The lowest BCUT2D eigenvalue weighted by atomic mass is 9.77. The largest absolute Gasteiger partial charge is 0.488 e. The predicted octanol–water partition coefficient (Wildman–Crippen LogP) is -0.191. The number of hydrogen-bond donors (Lipinski definition) is 2. The smallest absolute Gasteiger partial charge is 0.423 e. The second kappa shape index (κ2) is 3.89. The van der Waals surface area contributed by atoms with Gasteiger partial charge < -0.3 is 10.0 Å². The third-order valence-electron chi connectivity index (χ3n) is 1.76. The Morgan fingerprint density at radius 3 is 2.75 bits per heavy atom. The number of nitrogens with zero attached hydrogens (tertiary/aromatic N) is 1. The Morgan fingerprint density at radius 1 is 1.58 bits per heavy atom. The maximum Gasteiger partial charge on any atom is 0.488 e. The van der Waals surface area contributed by atoms with Crippen LogP contribution in [0.25, 0.3) is 0 Å². The van der Waals surface area contributed by atoms with Gasteiger partial charge in [0.15, 0.2) is 0 Å². The van der Waals surface area contributed by atoms with E-state index in [2.05, 4.69) is 4.98 Å². The number of halogens is 1. The Bertz CT molecular complexity index is 280. The highest BCUT2D eigenvalue weighted by atomic mass is 35.5. The van der Waals surface area contributed by atoms with E-state index in [1.54, 1.807) is 13.0 Å². The Kier molecular flexibility index (Phi) is 3.09. The maximum absolute atomic E-state index is 8.91. The van der Waals surface area contributed by atoms with E-state index < -0.39 is 7.12 Å². The van der Waals surface area contributed by atoms with Gasteiger partial charge in [0, 0.05) is 6.20 Å². The van der Waals surface area contributed by atoms with Crippen molar-refractivity contribution in [2.75, 3.05) is 0 Å². The van der Waals surface area contributed by atoms with Gasteiger partial charge in [0.25, 0.3) is 0 Å². The second-order valence-corrected chi connectivity index (χ2v) is 2.75. The van der Waals surface area contributed by atoms with Crippen LogP contribution in [0.15, 0.2) is 12.3 Å². The summed E-state index contributed by atoms with van der Waals surface area (Å²) in [6, 6.07) is 1.57. The van der Waals surface area contributed by atoms with Gasteiger partial charge in [-0.15, -0.1) is 11.6 Å². The monoisotopic (exact) mass is 185 g/mol. The quantitative estimate of drug-likeness (QED) is 0.496. The van der Waals surface area contributed by atoms with E-state index in [1.807, 2.05) is 0 Å². The fraction of sp³-hybridized carbons (Fsp3) is 0.286. The molecule has 0 aliphatic rings. The minimum absolute atomic E-state index is 0.284. The van der Waals surface area contributed by atoms with Gasteiger partial charge in [0.05, 0.1) is 11.6 Å². The topological polar surface area (TPSA) is 53.4 Å². The second-order valence-electron chi connectivity index (χ2n) is 2.48. The number of hydrogen-bond acceptors (Lipinski definition) is 3. The lowest BCUT2D eigenvalue weighted by molar-refractivity contribution is 0.425. The third-order valence-corrected chi connectivity index (χ3v) is 2.01. The number of rotatable bonds is 2. The molecule has 3 nitrogen and oxygen atoms in total. The Hall–Kier alpha value is -0.575. The third kappa shape index (κ3) is 1.77. The molecule has 0 radical (unpaired) electrons. The highest BCUT2D eigenvalue weighted by Crippen LogP contribution is 2.04. The van der Waals surface area contributed by atoms with Crippen LogP contribution >= 0.6 is 11.6 Å². The molecule has 0 unspecified atom stereocenters. The van der Waals surface area contributed by atoms with Crippen LogP contribution in [0.3, 0.4) is 0 Å². The van der Waals surface area contributed by atoms with Crippen molar-refractivity contribution in [2.24, 2.45) is 0 Å². The van der Waals surface area contributed by atoms with E-state index in [4.69, 9.17) is 21.6 Å². The molecule has 0 saturated carbocycles. The molecule has 1 rings (SSSR count). The van der Waals surface area contributed by atoms with E-state index in [-0.39, 0.29) is 5.88 Å². The molecule has 0 bridgehead atoms. The van der Waals surface area contributed by atoms with Crippen LogP contribution in [0, 0.1) is 6.92 Å². The van der Waals surface area contributed by atoms with Crippen molar-refractivity contribution in [1.29, 1.82) is 0 Å². The Morgan fingerprint density at radius 2 is 2.25 bits per heavy atom. The summed E-state index contributed by atoms with van der Waals surface area (Å²) in [5.74, 6) is 0.284. The zero-order valence-corrected chi connectivity index (χ0v) is 7.41. The molecule has 0 aliphatic heterocycles. The van der Waals surface area contributed by atoms with E-state index in [1.165, 1.54) is 6.20 Å². The molecule has 1 heterocycles. The predicted molar refractivity (Wildman–Crippen MR) is 48.4 cm³/mol. The van der Waals surface area contributed by atoms with Crippen LogP contribution in [0.1, 0.15) is 11.3 Å². The van der Waals surface area contributed by atoms with Gasteiger partial charge in [-0.3, -0.25) is 4.98 Å². The molecule has 0 fully saturated rings. The molecular formula is C7H9BClNO2. The van der Waals surface area contributed by atoms with Crippen molar-refractivity contribution in [2.45, 2.75) is 12.8 Å². The van der Waals surface area contributed by atoms with Crippen molar-refractivity contribution in [1.82, 2.24) is 4.98 Å². The first kappa shape index (κ1) is 9.51. The summed E-state index contributed by atoms with van der Waals surface area (Å²) in [6.45, 7) is 1.76. The summed E-state index contributed by atoms with van der Waals surface area (Å²) in [5.41, 5.74) is 1.88. The molecule has 0 atom stereocenters. The highest BCUT2D eigenvalue weighted by Gasteiger charge is 2.15. The normalized spacial score (nSPS) is 10.0. The van der Waals surface area contributed by atoms with Crippen molar-refractivity contribution in [3.05, 3.63) is 23.5 Å². The number of alkyl halides is 1. The van der Waals surface area contributed by atoms with Gasteiger partial charge in [0.1, 0.15) is 0 Å². The summed E-state index contributed by atoms with van der Waals surface area (Å²) in [6.07, 6.45) is 1.51. The number of pyridine rings is 1. The van der Waals surface area contributed by atoms with Crippen LogP contribution in [0.4, 0.5) is 0 Å². The maximum atomic E-state index is 8.91. The van der Waals surface area contributed by atoms with E-state index in [9.17, 15) is 0 Å². The SMILES string of the molecule is Cc1c(B(O)O)ccnc1CCl. The summed E-state index contributed by atoms with van der Waals surface area (Å²) in [7, 11) is -1.45. The van der Waals surface area contributed by atoms with Crippen LogP contribution in [-0.4, -0.2) is 22.2 Å². The molecule has 0 saturated heterocycles. The van der Waals surface area contributed by atoms with Crippen molar-refractivity contribution in [3.8, 4) is 0 Å². The van der Waals surface area contributed by atoms with Crippen molar-refractivity contribution >= 4 is 24.2 Å². The van der Waals surface area contributed by atoms with E-state index in [0.717, 1.165) is 5.56 Å². The van der Waals surface area contributed by atoms with Crippen LogP contribution in [-0.2, 0) is 5.88 Å². The van der Waals surface area contributed by atoms with E-state index >= 15 is 0 Å². The average molecular weight is 185 g/mol. The Labute approximate surface area is 76.2 Å². The first-order chi connectivity index (χ1) is 5.66. The standard InChI is InChI=1S/C7H9BClNO2/c1-5-6(8(11)12)2-3-10-7(5)4-9/h2-3,11-12H,4H2,1H3. The van der Waals surface area contributed by atoms with Gasteiger partial charge in [-0.05, 0) is 24.0 Å². The lowest BCUT2D eigenvalue weighted by Crippen LogP contribution is -2.33. The molecule has 0 spiro atoms. The molecule has 64 valence electrons. The molecular weight excluding hydrogens is 176 g/mol. The van der Waals surface area contributed by atoms with Gasteiger partial charge in [-0.2, -0.15) is 0 Å². The van der Waals surface area contributed by atoms with Crippen LogP contribution in [0.5, 0.6) is 0 Å². The Balaban J connectivity index is 3.14. The van der Waals surface area contributed by atoms with E-state index in [0.29, 0.717) is 11.2 Å². The van der Waals surface area contributed by atoms with Gasteiger partial charge in [-0.1, -0.05) is 0 Å². The minimum atomic E-state index is -1.45. The molecule has 0 aromatic carbocycles. The zero-order chi connectivity index (χ0) is 9.14. The molecule has 0 amide bonds. The first-order valence-electron chi connectivity index (χ1n) is 3.53. The fourth-order valence-corrected chi connectivity index (χ4v) is 1.28. The summed E-state index contributed by atoms with van der Waals surface area (Å²) in [5, 5.41) is 17.8. The molecule has 5 heteroatoms. The average Bonchev–Trinajstić information content (AvgIpc) is 2.04. The van der Waals surface area contributed by atoms with Crippen molar-refractivity contribution in [3.63, 3.8) is 0 Å².